The van der Waals surface area contributed by atoms with E-state index in [1.54, 1.807) is 25.2 Å². The normalized spacial score (nSPS) is 10.4. The zero-order valence-corrected chi connectivity index (χ0v) is 14.9. The van der Waals surface area contributed by atoms with Gasteiger partial charge in [-0.2, -0.15) is 0 Å². The highest BCUT2D eigenvalue weighted by Crippen LogP contribution is 2.33. The van der Waals surface area contributed by atoms with Crippen molar-refractivity contribution in [3.05, 3.63) is 59.1 Å². The second-order valence-corrected chi connectivity index (χ2v) is 7.54. The molecule has 0 radical (unpaired) electrons. The van der Waals surface area contributed by atoms with Crippen LogP contribution in [0.1, 0.15) is 15.2 Å². The summed E-state index contributed by atoms with van der Waals surface area (Å²) in [5.74, 6) is -0.127. The Balaban J connectivity index is 2.14. The van der Waals surface area contributed by atoms with Crippen LogP contribution < -0.4 is 0 Å². The maximum atomic E-state index is 12.3. The van der Waals surface area contributed by atoms with Crippen LogP contribution in [0.3, 0.4) is 0 Å². The number of rotatable bonds is 4. The van der Waals surface area contributed by atoms with E-state index in [4.69, 9.17) is 0 Å². The first-order valence-electron chi connectivity index (χ1n) is 5.82. The molecule has 1 aromatic carbocycles. The molecule has 0 saturated heterocycles. The molecule has 0 N–H and O–H groups in total. The molecule has 0 spiro atoms. The number of nitro benzene ring substituents is 1. The Morgan fingerprint density at radius 3 is 2.67 bits per heavy atom. The first kappa shape index (κ1) is 16.1. The SMILES string of the molecule is CN(Cc1cccc([N+](=O)[O-])c1)C(=O)c1cc(Br)c(Br)s1. The van der Waals surface area contributed by atoms with Crippen molar-refractivity contribution in [2.24, 2.45) is 0 Å². The molecule has 5 nitrogen and oxygen atoms in total. The van der Waals surface area contributed by atoms with Crippen molar-refractivity contribution < 1.29 is 9.72 Å². The molecule has 21 heavy (non-hydrogen) atoms. The minimum absolute atomic E-state index is 0.0231. The molecule has 0 aliphatic rings. The van der Waals surface area contributed by atoms with Crippen molar-refractivity contribution in [3.63, 3.8) is 0 Å². The van der Waals surface area contributed by atoms with E-state index < -0.39 is 4.92 Å². The fraction of sp³-hybridized carbons (Fsp3) is 0.154. The van der Waals surface area contributed by atoms with Crippen LogP contribution in [0.4, 0.5) is 5.69 Å². The van der Waals surface area contributed by atoms with E-state index in [1.165, 1.54) is 28.4 Å². The lowest BCUT2D eigenvalue weighted by Gasteiger charge is -2.16. The smallest absolute Gasteiger partial charge is 0.269 e. The summed E-state index contributed by atoms with van der Waals surface area (Å²) in [7, 11) is 1.67. The molecule has 0 unspecified atom stereocenters. The number of carbonyl (C=O) groups is 1. The lowest BCUT2D eigenvalue weighted by molar-refractivity contribution is -0.384. The molecular formula is C13H10Br2N2O3S. The molecular weight excluding hydrogens is 424 g/mol. The van der Waals surface area contributed by atoms with Gasteiger partial charge in [0.05, 0.1) is 13.6 Å². The second-order valence-electron chi connectivity index (χ2n) is 4.32. The Morgan fingerprint density at radius 1 is 1.38 bits per heavy atom. The standard InChI is InChI=1S/C13H10Br2N2O3S/c1-16(13(18)11-6-10(14)12(15)21-11)7-8-3-2-4-9(5-8)17(19)20/h2-6H,7H2,1H3. The molecule has 2 aromatic rings. The second kappa shape index (κ2) is 6.67. The van der Waals surface area contributed by atoms with E-state index in [0.717, 1.165) is 13.8 Å². The zero-order chi connectivity index (χ0) is 15.6. The molecule has 0 fully saturated rings. The Hall–Kier alpha value is -1.25. The molecule has 2 rings (SSSR count). The summed E-state index contributed by atoms with van der Waals surface area (Å²) >= 11 is 8.04. The molecule has 8 heteroatoms. The van der Waals surface area contributed by atoms with Gasteiger partial charge in [-0.25, -0.2) is 0 Å². The van der Waals surface area contributed by atoms with E-state index in [2.05, 4.69) is 31.9 Å². The van der Waals surface area contributed by atoms with Crippen LogP contribution >= 0.6 is 43.2 Å². The van der Waals surface area contributed by atoms with Gasteiger partial charge in [-0.3, -0.25) is 14.9 Å². The van der Waals surface area contributed by atoms with Crippen molar-refractivity contribution in [3.8, 4) is 0 Å². The Morgan fingerprint density at radius 2 is 2.10 bits per heavy atom. The van der Waals surface area contributed by atoms with Crippen LogP contribution in [-0.2, 0) is 6.54 Å². The van der Waals surface area contributed by atoms with Crippen molar-refractivity contribution in [2.75, 3.05) is 7.05 Å². The van der Waals surface area contributed by atoms with Crippen molar-refractivity contribution >= 4 is 54.8 Å². The van der Waals surface area contributed by atoms with Gasteiger partial charge in [0.2, 0.25) is 0 Å². The number of thiophene rings is 1. The predicted molar refractivity (Wildman–Crippen MR) is 88.6 cm³/mol. The highest BCUT2D eigenvalue weighted by Gasteiger charge is 2.17. The maximum Gasteiger partial charge on any atom is 0.269 e. The van der Waals surface area contributed by atoms with E-state index in [1.807, 2.05) is 0 Å². The van der Waals surface area contributed by atoms with Gasteiger partial charge in [0.15, 0.2) is 0 Å². The van der Waals surface area contributed by atoms with Crippen LogP contribution in [0.25, 0.3) is 0 Å². The van der Waals surface area contributed by atoms with Crippen LogP contribution in [0.2, 0.25) is 0 Å². The summed E-state index contributed by atoms with van der Waals surface area (Å²) in [4.78, 5) is 24.7. The van der Waals surface area contributed by atoms with Gasteiger partial charge < -0.3 is 4.90 Å². The zero-order valence-electron chi connectivity index (χ0n) is 10.9. The molecule has 0 aliphatic heterocycles. The number of hydrogen-bond donors (Lipinski definition) is 0. The van der Waals surface area contributed by atoms with Crippen LogP contribution in [-0.4, -0.2) is 22.8 Å². The Kier molecular flexibility index (Phi) is 5.13. The third kappa shape index (κ3) is 3.90. The topological polar surface area (TPSA) is 63.4 Å². The molecule has 0 aliphatic carbocycles. The minimum Gasteiger partial charge on any atom is -0.337 e. The summed E-state index contributed by atoms with van der Waals surface area (Å²) in [6.45, 7) is 0.313. The van der Waals surface area contributed by atoms with Gasteiger partial charge in [0.25, 0.3) is 11.6 Å². The molecule has 0 bridgehead atoms. The summed E-state index contributed by atoms with van der Waals surface area (Å²) < 4.78 is 1.69. The predicted octanol–water partition coefficient (Wildman–Crippen LogP) is 4.45. The maximum absolute atomic E-state index is 12.3. The number of halogens is 2. The van der Waals surface area contributed by atoms with Crippen LogP contribution in [0, 0.1) is 10.1 Å². The summed E-state index contributed by atoms with van der Waals surface area (Å²) in [6, 6.07) is 8.03. The van der Waals surface area contributed by atoms with Crippen molar-refractivity contribution in [2.45, 2.75) is 6.54 Å². The van der Waals surface area contributed by atoms with Crippen molar-refractivity contribution in [1.82, 2.24) is 4.90 Å². The lowest BCUT2D eigenvalue weighted by Crippen LogP contribution is -2.25. The number of hydrogen-bond acceptors (Lipinski definition) is 4. The first-order valence-corrected chi connectivity index (χ1v) is 8.22. The molecule has 1 heterocycles. The monoisotopic (exact) mass is 432 g/mol. The third-order valence-electron chi connectivity index (χ3n) is 2.74. The number of carbonyl (C=O) groups excluding carboxylic acids is 1. The number of benzene rings is 1. The van der Waals surface area contributed by atoms with E-state index in [-0.39, 0.29) is 11.6 Å². The quantitative estimate of drug-likeness (QED) is 0.528. The highest BCUT2D eigenvalue weighted by atomic mass is 79.9. The average molecular weight is 434 g/mol. The molecule has 110 valence electrons. The van der Waals surface area contributed by atoms with Gasteiger partial charge in [0, 0.05) is 30.2 Å². The molecule has 1 aromatic heterocycles. The average Bonchev–Trinajstić information content (AvgIpc) is 2.78. The largest absolute Gasteiger partial charge is 0.337 e. The number of nitro groups is 1. The first-order chi connectivity index (χ1) is 9.88. The number of non-ortho nitro benzene ring substituents is 1. The van der Waals surface area contributed by atoms with Gasteiger partial charge >= 0.3 is 0 Å². The number of amides is 1. The lowest BCUT2D eigenvalue weighted by atomic mass is 10.2. The van der Waals surface area contributed by atoms with E-state index in [0.29, 0.717) is 11.4 Å². The van der Waals surface area contributed by atoms with Crippen LogP contribution in [0.5, 0.6) is 0 Å². The number of nitrogens with zero attached hydrogens (tertiary/aromatic N) is 2. The van der Waals surface area contributed by atoms with Gasteiger partial charge in [-0.15, -0.1) is 11.3 Å². The van der Waals surface area contributed by atoms with Gasteiger partial charge in [0.1, 0.15) is 0 Å². The molecule has 0 saturated carbocycles. The minimum atomic E-state index is -0.446. The fourth-order valence-corrected chi connectivity index (χ4v) is 3.78. The van der Waals surface area contributed by atoms with Crippen LogP contribution in [0.15, 0.2) is 38.6 Å². The summed E-state index contributed by atoms with van der Waals surface area (Å²) in [5, 5.41) is 10.8. The summed E-state index contributed by atoms with van der Waals surface area (Å²) in [6.07, 6.45) is 0. The van der Waals surface area contributed by atoms with E-state index in [9.17, 15) is 14.9 Å². The Labute approximate surface area is 142 Å². The third-order valence-corrected chi connectivity index (χ3v) is 5.99. The van der Waals surface area contributed by atoms with Crippen molar-refractivity contribution in [1.29, 1.82) is 0 Å². The summed E-state index contributed by atoms with van der Waals surface area (Å²) in [5.41, 5.74) is 0.740. The Bertz CT molecular complexity index is 683. The molecule has 0 atom stereocenters. The highest BCUT2D eigenvalue weighted by molar-refractivity contribution is 9.13. The fourth-order valence-electron chi connectivity index (χ4n) is 1.75. The van der Waals surface area contributed by atoms with Gasteiger partial charge in [-0.05, 0) is 43.5 Å². The van der Waals surface area contributed by atoms with E-state index >= 15 is 0 Å². The van der Waals surface area contributed by atoms with Gasteiger partial charge in [-0.1, -0.05) is 12.1 Å². The molecule has 1 amide bonds.